The van der Waals surface area contributed by atoms with E-state index >= 15 is 0 Å². The van der Waals surface area contributed by atoms with Crippen LogP contribution >= 0.6 is 11.6 Å². The first-order chi connectivity index (χ1) is 7.29. The van der Waals surface area contributed by atoms with Gasteiger partial charge in [0.25, 0.3) is 0 Å². The number of aromatic nitrogens is 1. The van der Waals surface area contributed by atoms with Crippen LogP contribution in [0.15, 0.2) is 18.3 Å². The topological polar surface area (TPSA) is 22.1 Å². The van der Waals surface area contributed by atoms with E-state index in [0.717, 1.165) is 24.5 Å². The summed E-state index contributed by atoms with van der Waals surface area (Å²) in [5, 5.41) is 0.543. The van der Waals surface area contributed by atoms with Gasteiger partial charge in [-0.05, 0) is 30.4 Å². The van der Waals surface area contributed by atoms with Gasteiger partial charge in [-0.25, -0.2) is 4.98 Å². The van der Waals surface area contributed by atoms with E-state index in [0.29, 0.717) is 5.15 Å². The lowest BCUT2D eigenvalue weighted by atomic mass is 9.94. The summed E-state index contributed by atoms with van der Waals surface area (Å²) in [6.07, 6.45) is 5.61. The molecule has 1 aliphatic rings. The molecule has 0 saturated carbocycles. The molecule has 0 aromatic carbocycles. The second-order valence-corrected chi connectivity index (χ2v) is 4.48. The fourth-order valence-electron chi connectivity index (χ4n) is 1.97. The van der Waals surface area contributed by atoms with Crippen LogP contribution < -0.4 is 0 Å². The molecule has 1 fully saturated rings. The van der Waals surface area contributed by atoms with Gasteiger partial charge in [-0.1, -0.05) is 31.0 Å². The lowest BCUT2D eigenvalue weighted by molar-refractivity contribution is -0.0182. The Morgan fingerprint density at radius 1 is 1.47 bits per heavy atom. The van der Waals surface area contributed by atoms with E-state index in [9.17, 15) is 0 Å². The van der Waals surface area contributed by atoms with Crippen molar-refractivity contribution in [2.75, 3.05) is 6.61 Å². The van der Waals surface area contributed by atoms with Crippen molar-refractivity contribution in [1.82, 2.24) is 4.98 Å². The fourth-order valence-corrected chi connectivity index (χ4v) is 2.08. The molecule has 0 aliphatic carbocycles. The number of ether oxygens (including phenoxy) is 1. The largest absolute Gasteiger partial charge is 0.373 e. The zero-order chi connectivity index (χ0) is 10.7. The smallest absolute Gasteiger partial charge is 0.129 e. The third-order valence-corrected chi connectivity index (χ3v) is 3.29. The molecule has 2 atom stereocenters. The van der Waals surface area contributed by atoms with Gasteiger partial charge in [0.05, 0.1) is 12.7 Å². The van der Waals surface area contributed by atoms with Gasteiger partial charge in [0, 0.05) is 6.20 Å². The Bertz CT molecular complexity index is 304. The number of rotatable bonds is 2. The van der Waals surface area contributed by atoms with E-state index in [1.54, 1.807) is 0 Å². The van der Waals surface area contributed by atoms with Gasteiger partial charge in [-0.15, -0.1) is 0 Å². The van der Waals surface area contributed by atoms with Gasteiger partial charge < -0.3 is 4.74 Å². The average Bonchev–Trinajstić information content (AvgIpc) is 2.30. The summed E-state index contributed by atoms with van der Waals surface area (Å²) < 4.78 is 5.82. The van der Waals surface area contributed by atoms with Crippen LogP contribution in [0.5, 0.6) is 0 Å². The van der Waals surface area contributed by atoms with Gasteiger partial charge in [0.2, 0.25) is 0 Å². The van der Waals surface area contributed by atoms with Crippen LogP contribution in [0, 0.1) is 5.92 Å². The SMILES string of the molecule is CC[C@@H]1CC[C@@H](c2ccc(Cl)nc2)OC1. The van der Waals surface area contributed by atoms with Crippen molar-refractivity contribution in [3.05, 3.63) is 29.0 Å². The van der Waals surface area contributed by atoms with Crippen LogP contribution in [0.4, 0.5) is 0 Å². The van der Waals surface area contributed by atoms with Crippen LogP contribution in [-0.2, 0) is 4.74 Å². The first kappa shape index (κ1) is 10.9. The molecule has 2 rings (SSSR count). The number of hydrogen-bond donors (Lipinski definition) is 0. The van der Waals surface area contributed by atoms with E-state index in [1.807, 2.05) is 18.3 Å². The molecule has 1 aromatic heterocycles. The first-order valence-electron chi connectivity index (χ1n) is 5.52. The zero-order valence-electron chi connectivity index (χ0n) is 8.95. The Morgan fingerprint density at radius 2 is 2.33 bits per heavy atom. The lowest BCUT2D eigenvalue weighted by Gasteiger charge is -2.28. The van der Waals surface area contributed by atoms with E-state index in [1.165, 1.54) is 12.8 Å². The van der Waals surface area contributed by atoms with Gasteiger partial charge in [0.1, 0.15) is 5.15 Å². The minimum atomic E-state index is 0.220. The van der Waals surface area contributed by atoms with E-state index in [4.69, 9.17) is 16.3 Å². The molecule has 1 saturated heterocycles. The maximum absolute atomic E-state index is 5.82. The highest BCUT2D eigenvalue weighted by Crippen LogP contribution is 2.31. The highest BCUT2D eigenvalue weighted by atomic mass is 35.5. The Morgan fingerprint density at radius 3 is 2.87 bits per heavy atom. The number of halogens is 1. The quantitative estimate of drug-likeness (QED) is 0.718. The Hall–Kier alpha value is -0.600. The minimum absolute atomic E-state index is 0.220. The van der Waals surface area contributed by atoms with Gasteiger partial charge in [-0.2, -0.15) is 0 Å². The molecule has 3 heteroatoms. The number of pyridine rings is 1. The molecule has 0 spiro atoms. The summed E-state index contributed by atoms with van der Waals surface area (Å²) in [6, 6.07) is 3.83. The Balaban J connectivity index is 1.98. The number of nitrogens with zero attached hydrogens (tertiary/aromatic N) is 1. The molecule has 1 aromatic rings. The van der Waals surface area contributed by atoms with Crippen molar-refractivity contribution in [1.29, 1.82) is 0 Å². The van der Waals surface area contributed by atoms with Crippen LogP contribution in [0.1, 0.15) is 37.9 Å². The van der Waals surface area contributed by atoms with Crippen molar-refractivity contribution in [3.8, 4) is 0 Å². The second kappa shape index (κ2) is 4.95. The number of hydrogen-bond acceptors (Lipinski definition) is 2. The molecular formula is C12H16ClNO. The predicted molar refractivity (Wildman–Crippen MR) is 61.0 cm³/mol. The molecule has 2 heterocycles. The highest BCUT2D eigenvalue weighted by molar-refractivity contribution is 6.29. The van der Waals surface area contributed by atoms with Crippen molar-refractivity contribution in [2.45, 2.75) is 32.3 Å². The molecule has 2 nitrogen and oxygen atoms in total. The van der Waals surface area contributed by atoms with Gasteiger partial charge in [-0.3, -0.25) is 0 Å². The van der Waals surface area contributed by atoms with Crippen molar-refractivity contribution in [2.24, 2.45) is 5.92 Å². The van der Waals surface area contributed by atoms with Crippen LogP contribution in [0.2, 0.25) is 5.15 Å². The van der Waals surface area contributed by atoms with Gasteiger partial charge in [0.15, 0.2) is 0 Å². The maximum atomic E-state index is 5.82. The Labute approximate surface area is 95.6 Å². The molecule has 15 heavy (non-hydrogen) atoms. The van der Waals surface area contributed by atoms with Crippen molar-refractivity contribution < 1.29 is 4.74 Å². The molecule has 0 bridgehead atoms. The second-order valence-electron chi connectivity index (χ2n) is 4.09. The first-order valence-corrected chi connectivity index (χ1v) is 5.90. The van der Waals surface area contributed by atoms with Crippen LogP contribution in [-0.4, -0.2) is 11.6 Å². The normalized spacial score (nSPS) is 26.5. The van der Waals surface area contributed by atoms with Crippen LogP contribution in [0.25, 0.3) is 0 Å². The monoisotopic (exact) mass is 225 g/mol. The van der Waals surface area contributed by atoms with E-state index in [2.05, 4.69) is 11.9 Å². The fraction of sp³-hybridized carbons (Fsp3) is 0.583. The van der Waals surface area contributed by atoms with E-state index < -0.39 is 0 Å². The third-order valence-electron chi connectivity index (χ3n) is 3.07. The maximum Gasteiger partial charge on any atom is 0.129 e. The van der Waals surface area contributed by atoms with Crippen molar-refractivity contribution in [3.63, 3.8) is 0 Å². The summed E-state index contributed by atoms with van der Waals surface area (Å²) in [5.41, 5.74) is 1.15. The van der Waals surface area contributed by atoms with E-state index in [-0.39, 0.29) is 6.10 Å². The summed E-state index contributed by atoms with van der Waals surface area (Å²) in [5.74, 6) is 0.738. The Kier molecular flexibility index (Phi) is 3.60. The van der Waals surface area contributed by atoms with Crippen molar-refractivity contribution >= 4 is 11.6 Å². The molecule has 82 valence electrons. The molecular weight excluding hydrogens is 210 g/mol. The standard InChI is InChI=1S/C12H16ClNO/c1-2-9-3-5-11(15-8-9)10-4-6-12(13)14-7-10/h4,6-7,9,11H,2-3,5,8H2,1H3/t9-,11+/m1/s1. The van der Waals surface area contributed by atoms with Crippen LogP contribution in [0.3, 0.4) is 0 Å². The lowest BCUT2D eigenvalue weighted by Crippen LogP contribution is -2.20. The van der Waals surface area contributed by atoms with Gasteiger partial charge >= 0.3 is 0 Å². The predicted octanol–water partition coefficient (Wildman–Crippen LogP) is 3.61. The molecule has 0 unspecified atom stereocenters. The summed E-state index contributed by atoms with van der Waals surface area (Å²) in [4.78, 5) is 4.08. The molecule has 1 aliphatic heterocycles. The minimum Gasteiger partial charge on any atom is -0.373 e. The summed E-state index contributed by atoms with van der Waals surface area (Å²) in [7, 11) is 0. The zero-order valence-corrected chi connectivity index (χ0v) is 9.70. The molecule has 0 N–H and O–H groups in total. The molecule has 0 amide bonds. The summed E-state index contributed by atoms with van der Waals surface area (Å²) in [6.45, 7) is 3.10. The highest BCUT2D eigenvalue weighted by Gasteiger charge is 2.21. The average molecular weight is 226 g/mol. The summed E-state index contributed by atoms with van der Waals surface area (Å²) >= 11 is 5.74. The third kappa shape index (κ3) is 2.70. The molecule has 0 radical (unpaired) electrons.